The van der Waals surface area contributed by atoms with Crippen molar-refractivity contribution in [3.63, 3.8) is 0 Å². The normalized spacial score (nSPS) is 13.2. The lowest BCUT2D eigenvalue weighted by Gasteiger charge is -2.08. The lowest BCUT2D eigenvalue weighted by Crippen LogP contribution is -2.12. The van der Waals surface area contributed by atoms with E-state index in [2.05, 4.69) is 15.9 Å². The molecule has 0 fully saturated rings. The molecule has 0 saturated carbocycles. The fourth-order valence-electron chi connectivity index (χ4n) is 0.770. The third kappa shape index (κ3) is 0.699. The maximum absolute atomic E-state index is 4.91. The Morgan fingerprint density at radius 3 is 3.10 bits per heavy atom. The van der Waals surface area contributed by atoms with Gasteiger partial charge in [0.1, 0.15) is 5.69 Å². The number of benzene rings is 1. The van der Waals surface area contributed by atoms with Crippen LogP contribution >= 0.6 is 0 Å². The van der Waals surface area contributed by atoms with E-state index < -0.39 is 0 Å². The van der Waals surface area contributed by atoms with E-state index in [4.69, 9.17) is 4.84 Å². The largest absolute Gasteiger partial charge is 0.361 e. The zero-order chi connectivity index (χ0) is 6.81. The highest BCUT2D eigenvalue weighted by molar-refractivity contribution is 5.50. The van der Waals surface area contributed by atoms with Gasteiger partial charge in [0.05, 0.1) is 0 Å². The van der Waals surface area contributed by atoms with Crippen molar-refractivity contribution >= 4 is 5.69 Å². The van der Waals surface area contributed by atoms with Crippen LogP contribution in [-0.4, -0.2) is 0 Å². The van der Waals surface area contributed by atoms with Gasteiger partial charge in [-0.05, 0) is 17.4 Å². The van der Waals surface area contributed by atoms with Crippen molar-refractivity contribution in [2.45, 2.75) is 0 Å². The van der Waals surface area contributed by atoms with Crippen LogP contribution in [0.1, 0.15) is 0 Å². The number of nitrogens with one attached hydrogen (secondary N) is 1. The standard InChI is InChI=1S/C6H5N3O/c1-2-4-6-5(3-1)7-8-9-10-6/h1-4H,(H,7,9). The summed E-state index contributed by atoms with van der Waals surface area (Å²) in [7, 11) is 0. The van der Waals surface area contributed by atoms with Crippen molar-refractivity contribution in [3.05, 3.63) is 24.3 Å². The first kappa shape index (κ1) is 5.22. The minimum Gasteiger partial charge on any atom is -0.361 e. The van der Waals surface area contributed by atoms with E-state index in [9.17, 15) is 0 Å². The molecule has 50 valence electrons. The molecule has 1 aliphatic heterocycles. The molecule has 0 spiro atoms. The van der Waals surface area contributed by atoms with Crippen LogP contribution in [0.15, 0.2) is 34.6 Å². The summed E-state index contributed by atoms with van der Waals surface area (Å²) >= 11 is 0. The fraction of sp³-hybridized carbons (Fsp3) is 0. The van der Waals surface area contributed by atoms with E-state index in [0.29, 0.717) is 5.75 Å². The van der Waals surface area contributed by atoms with Gasteiger partial charge >= 0.3 is 0 Å². The van der Waals surface area contributed by atoms with Crippen LogP contribution in [0.5, 0.6) is 5.75 Å². The first-order valence-corrected chi connectivity index (χ1v) is 2.88. The van der Waals surface area contributed by atoms with E-state index in [1.165, 1.54) is 0 Å². The van der Waals surface area contributed by atoms with E-state index >= 15 is 0 Å². The van der Waals surface area contributed by atoms with Crippen molar-refractivity contribution in [3.8, 4) is 5.75 Å². The average molecular weight is 135 g/mol. The summed E-state index contributed by atoms with van der Waals surface area (Å²) in [5.41, 5.74) is 3.05. The molecule has 0 aromatic heterocycles. The molecule has 0 bridgehead atoms. The monoisotopic (exact) mass is 135 g/mol. The molecule has 0 aliphatic carbocycles. The minimum absolute atomic E-state index is 0.706. The first-order valence-electron chi connectivity index (χ1n) is 2.88. The topological polar surface area (TPSA) is 46.0 Å². The molecule has 1 aromatic rings. The Morgan fingerprint density at radius 2 is 2.20 bits per heavy atom. The van der Waals surface area contributed by atoms with Gasteiger partial charge in [-0.15, -0.1) is 10.7 Å². The highest BCUT2D eigenvalue weighted by Gasteiger charge is 2.04. The fourth-order valence-corrected chi connectivity index (χ4v) is 0.770. The van der Waals surface area contributed by atoms with E-state index in [0.717, 1.165) is 5.69 Å². The summed E-state index contributed by atoms with van der Waals surface area (Å²) in [6, 6.07) is 7.41. The van der Waals surface area contributed by atoms with Crippen LogP contribution in [0.3, 0.4) is 0 Å². The number of hydrogen-bond donors (Lipinski definition) is 1. The van der Waals surface area contributed by atoms with Crippen LogP contribution in [0.25, 0.3) is 0 Å². The Hall–Kier alpha value is -1.58. The second-order valence-corrected chi connectivity index (χ2v) is 1.86. The van der Waals surface area contributed by atoms with Crippen LogP contribution < -0.4 is 10.4 Å². The lowest BCUT2D eigenvalue weighted by atomic mass is 10.3. The van der Waals surface area contributed by atoms with E-state index in [1.807, 2.05) is 24.3 Å². The number of hydrogen-bond acceptors (Lipinski definition) is 4. The Morgan fingerprint density at radius 1 is 1.30 bits per heavy atom. The number of rotatable bonds is 0. The quantitative estimate of drug-likeness (QED) is 0.587. The zero-order valence-electron chi connectivity index (χ0n) is 5.11. The second-order valence-electron chi connectivity index (χ2n) is 1.86. The Kier molecular flexibility index (Phi) is 1.04. The van der Waals surface area contributed by atoms with Gasteiger partial charge < -0.3 is 4.84 Å². The summed E-state index contributed by atoms with van der Waals surface area (Å²) in [5.74, 6) is 0.706. The molecule has 4 heteroatoms. The summed E-state index contributed by atoms with van der Waals surface area (Å²) in [6.45, 7) is 0. The molecule has 0 unspecified atom stereocenters. The highest BCUT2D eigenvalue weighted by Crippen LogP contribution is 2.27. The smallest absolute Gasteiger partial charge is 0.184 e. The third-order valence-corrected chi connectivity index (χ3v) is 1.22. The molecule has 1 N–H and O–H groups in total. The molecular weight excluding hydrogens is 130 g/mol. The van der Waals surface area contributed by atoms with E-state index in [1.54, 1.807) is 0 Å². The molecule has 10 heavy (non-hydrogen) atoms. The van der Waals surface area contributed by atoms with Crippen molar-refractivity contribution in [1.29, 1.82) is 0 Å². The Bertz CT molecular complexity index is 271. The summed E-state index contributed by atoms with van der Waals surface area (Å²) < 4.78 is 0. The van der Waals surface area contributed by atoms with Gasteiger partial charge in [-0.25, -0.2) is 0 Å². The molecule has 2 rings (SSSR count). The first-order chi connectivity index (χ1) is 4.97. The molecule has 0 amide bonds. The molecule has 0 radical (unpaired) electrons. The molecule has 1 aliphatic rings. The molecule has 1 heterocycles. The average Bonchev–Trinajstić information content (AvgIpc) is 2.05. The second kappa shape index (κ2) is 1.98. The molecule has 4 nitrogen and oxygen atoms in total. The molecule has 0 atom stereocenters. The number of para-hydroxylation sites is 1. The predicted molar refractivity (Wildman–Crippen MR) is 34.7 cm³/mol. The Labute approximate surface area is 57.5 Å². The maximum atomic E-state index is 4.91. The van der Waals surface area contributed by atoms with Crippen LogP contribution in [0.2, 0.25) is 0 Å². The van der Waals surface area contributed by atoms with Crippen LogP contribution in [0, 0.1) is 0 Å². The number of nitrogens with zero attached hydrogens (tertiary/aromatic N) is 2. The minimum atomic E-state index is 0.706. The lowest BCUT2D eigenvalue weighted by molar-refractivity contribution is 0.184. The summed E-state index contributed by atoms with van der Waals surface area (Å²) in [4.78, 5) is 4.91. The van der Waals surface area contributed by atoms with E-state index in [-0.39, 0.29) is 0 Å². The number of fused-ring (bicyclic) bond motifs is 1. The van der Waals surface area contributed by atoms with Crippen molar-refractivity contribution in [2.75, 3.05) is 0 Å². The Balaban J connectivity index is 2.54. The molecule has 1 aromatic carbocycles. The predicted octanol–water partition coefficient (Wildman–Crippen LogP) is 1.58. The van der Waals surface area contributed by atoms with Gasteiger partial charge in [0.2, 0.25) is 0 Å². The summed E-state index contributed by atoms with van der Waals surface area (Å²) in [6.07, 6.45) is 0. The SMILES string of the molecule is c1ccc2c(c1)N=NNO2. The highest BCUT2D eigenvalue weighted by atomic mass is 16.7. The summed E-state index contributed by atoms with van der Waals surface area (Å²) in [5, 5.41) is 7.25. The molecule has 0 saturated heterocycles. The van der Waals surface area contributed by atoms with Gasteiger partial charge in [0, 0.05) is 0 Å². The van der Waals surface area contributed by atoms with Crippen molar-refractivity contribution in [1.82, 2.24) is 5.59 Å². The van der Waals surface area contributed by atoms with Gasteiger partial charge in [-0.2, -0.15) is 0 Å². The molecular formula is C6H5N3O. The van der Waals surface area contributed by atoms with Gasteiger partial charge in [-0.3, -0.25) is 0 Å². The zero-order valence-corrected chi connectivity index (χ0v) is 5.11. The van der Waals surface area contributed by atoms with Gasteiger partial charge in [-0.1, -0.05) is 12.1 Å². The van der Waals surface area contributed by atoms with Crippen molar-refractivity contribution in [2.24, 2.45) is 10.3 Å². The third-order valence-electron chi connectivity index (χ3n) is 1.22. The van der Waals surface area contributed by atoms with Gasteiger partial charge in [0.15, 0.2) is 5.75 Å². The maximum Gasteiger partial charge on any atom is 0.184 e. The van der Waals surface area contributed by atoms with Crippen molar-refractivity contribution < 1.29 is 4.84 Å². The van der Waals surface area contributed by atoms with Crippen LogP contribution in [0.4, 0.5) is 5.69 Å². The van der Waals surface area contributed by atoms with Crippen LogP contribution in [-0.2, 0) is 0 Å². The van der Waals surface area contributed by atoms with Gasteiger partial charge in [0.25, 0.3) is 0 Å².